The Morgan fingerprint density at radius 2 is 2.05 bits per heavy atom. The molecule has 2 N–H and O–H groups in total. The number of hydrogen-bond donors (Lipinski definition) is 2. The summed E-state index contributed by atoms with van der Waals surface area (Å²) < 4.78 is 56.5. The molecule has 1 aliphatic heterocycles. The topological polar surface area (TPSA) is 121 Å². The third kappa shape index (κ3) is 4.83. The average molecular weight is 557 g/mol. The zero-order chi connectivity index (χ0) is 28.0. The molecular weight excluding hydrogens is 529 g/mol. The van der Waals surface area contributed by atoms with Crippen molar-refractivity contribution < 1.29 is 27.4 Å². The number of ether oxygens (including phenoxy) is 2. The molecule has 0 bridgehead atoms. The van der Waals surface area contributed by atoms with Crippen LogP contribution >= 0.6 is 0 Å². The lowest BCUT2D eigenvalue weighted by atomic mass is 10.1. The number of alkyl halides is 3. The number of methoxy groups -OCH3 is 1. The zero-order valence-electron chi connectivity index (χ0n) is 21.8. The zero-order valence-corrected chi connectivity index (χ0v) is 21.8. The summed E-state index contributed by atoms with van der Waals surface area (Å²) in [6.07, 6.45) is -0.997. The molecule has 40 heavy (non-hydrogen) atoms. The molecular formula is C26H27F3N8O3. The van der Waals surface area contributed by atoms with E-state index in [1.807, 2.05) is 0 Å². The van der Waals surface area contributed by atoms with Crippen LogP contribution in [0, 0.1) is 5.92 Å². The summed E-state index contributed by atoms with van der Waals surface area (Å²) in [6.45, 7) is 0.416. The summed E-state index contributed by atoms with van der Waals surface area (Å²) in [5.74, 6) is -0.880. The van der Waals surface area contributed by atoms with E-state index in [1.165, 1.54) is 17.7 Å². The number of nitrogens with one attached hydrogen (secondary N) is 2. The van der Waals surface area contributed by atoms with E-state index in [0.29, 0.717) is 35.9 Å². The minimum atomic E-state index is -2.91. The van der Waals surface area contributed by atoms with Gasteiger partial charge in [0.1, 0.15) is 30.1 Å². The van der Waals surface area contributed by atoms with E-state index < -0.39 is 36.5 Å². The number of pyridine rings is 1. The van der Waals surface area contributed by atoms with Crippen LogP contribution in [0.1, 0.15) is 44.2 Å². The first-order valence-corrected chi connectivity index (χ1v) is 12.9. The van der Waals surface area contributed by atoms with Gasteiger partial charge in [-0.05, 0) is 37.8 Å². The molecule has 1 aliphatic carbocycles. The third-order valence-corrected chi connectivity index (χ3v) is 6.94. The second kappa shape index (κ2) is 10.4. The summed E-state index contributed by atoms with van der Waals surface area (Å²) in [5.41, 5.74) is 1.63. The fraction of sp³-hybridized carbons (Fsp3) is 0.423. The Morgan fingerprint density at radius 3 is 2.70 bits per heavy atom. The Labute approximate surface area is 226 Å². The van der Waals surface area contributed by atoms with Gasteiger partial charge in [-0.2, -0.15) is 5.10 Å². The molecule has 4 heterocycles. The van der Waals surface area contributed by atoms with E-state index in [0.717, 1.165) is 12.8 Å². The number of fused-ring (bicyclic) bond motifs is 1. The van der Waals surface area contributed by atoms with Crippen LogP contribution in [0.3, 0.4) is 0 Å². The molecule has 2 unspecified atom stereocenters. The Kier molecular flexibility index (Phi) is 6.78. The first-order chi connectivity index (χ1) is 19.3. The van der Waals surface area contributed by atoms with Gasteiger partial charge in [0.2, 0.25) is 5.91 Å². The quantitative estimate of drug-likeness (QED) is 0.314. The van der Waals surface area contributed by atoms with Gasteiger partial charge in [0, 0.05) is 19.7 Å². The van der Waals surface area contributed by atoms with Crippen molar-refractivity contribution in [2.24, 2.45) is 13.0 Å². The maximum atomic E-state index is 14.3. The standard InChI is InChI=1S/C26H27F3N8O3/c1-36-12-30-23(35-36)13-6-5-7-16(21(13)39-2)31-17-11-18(33-26(38)14-10-15(14)27)32-24-20(17)34-25(22(28)29)37(24)19-8-3-4-9-40-19/h5-7,11-12,14-15,19,22H,3-4,8-10H2,1-2H3,(H2,31,32,33,38)/t14?,15-,19?/m0/s1. The third-order valence-electron chi connectivity index (χ3n) is 6.94. The van der Waals surface area contributed by atoms with Crippen molar-refractivity contribution in [3.8, 4) is 17.1 Å². The second-order valence-corrected chi connectivity index (χ2v) is 9.79. The molecule has 6 rings (SSSR count). The number of carbonyl (C=O) groups excluding carboxylic acids is 1. The van der Waals surface area contributed by atoms with Crippen LogP contribution in [0.25, 0.3) is 22.6 Å². The summed E-state index contributed by atoms with van der Waals surface area (Å²) in [4.78, 5) is 25.6. The van der Waals surface area contributed by atoms with Gasteiger partial charge in [-0.25, -0.2) is 28.1 Å². The van der Waals surface area contributed by atoms with E-state index in [9.17, 15) is 18.0 Å². The maximum Gasteiger partial charge on any atom is 0.295 e. The highest BCUT2D eigenvalue weighted by molar-refractivity contribution is 5.98. The van der Waals surface area contributed by atoms with E-state index in [1.54, 1.807) is 36.3 Å². The van der Waals surface area contributed by atoms with Gasteiger partial charge in [-0.15, -0.1) is 0 Å². The van der Waals surface area contributed by atoms with Gasteiger partial charge in [-0.1, -0.05) is 6.07 Å². The summed E-state index contributed by atoms with van der Waals surface area (Å²) in [5, 5.41) is 10.2. The molecule has 1 saturated heterocycles. The molecule has 210 valence electrons. The molecule has 2 fully saturated rings. The van der Waals surface area contributed by atoms with Crippen molar-refractivity contribution in [2.45, 2.75) is 44.5 Å². The fourth-order valence-electron chi connectivity index (χ4n) is 4.90. The average Bonchev–Trinajstić information content (AvgIpc) is 3.33. The highest BCUT2D eigenvalue weighted by Gasteiger charge is 2.44. The molecule has 14 heteroatoms. The second-order valence-electron chi connectivity index (χ2n) is 9.79. The predicted molar refractivity (Wildman–Crippen MR) is 139 cm³/mol. The van der Waals surface area contributed by atoms with Crippen LogP contribution < -0.4 is 15.4 Å². The molecule has 3 atom stereocenters. The highest BCUT2D eigenvalue weighted by Crippen LogP contribution is 2.41. The molecule has 0 radical (unpaired) electrons. The Hall–Kier alpha value is -4.20. The van der Waals surface area contributed by atoms with E-state index >= 15 is 0 Å². The molecule has 3 aromatic heterocycles. The Morgan fingerprint density at radius 1 is 1.23 bits per heavy atom. The van der Waals surface area contributed by atoms with Gasteiger partial charge < -0.3 is 20.1 Å². The molecule has 1 saturated carbocycles. The summed E-state index contributed by atoms with van der Waals surface area (Å²) in [7, 11) is 3.24. The number of aromatic nitrogens is 6. The molecule has 11 nitrogen and oxygen atoms in total. The van der Waals surface area contributed by atoms with Crippen LogP contribution in [-0.4, -0.2) is 55.1 Å². The van der Waals surface area contributed by atoms with E-state index in [4.69, 9.17) is 9.47 Å². The normalized spacial score (nSPS) is 20.6. The number of halogens is 3. The van der Waals surface area contributed by atoms with Gasteiger partial charge in [0.05, 0.1) is 30.0 Å². The van der Waals surface area contributed by atoms with Gasteiger partial charge in [0.25, 0.3) is 6.43 Å². The van der Waals surface area contributed by atoms with Gasteiger partial charge in [-0.3, -0.25) is 14.0 Å². The first kappa shape index (κ1) is 26.0. The van der Waals surface area contributed by atoms with Crippen molar-refractivity contribution in [1.82, 2.24) is 29.3 Å². The van der Waals surface area contributed by atoms with Crippen molar-refractivity contribution in [3.05, 3.63) is 36.4 Å². The number of para-hydroxylation sites is 1. The van der Waals surface area contributed by atoms with Crippen LogP contribution in [0.2, 0.25) is 0 Å². The van der Waals surface area contributed by atoms with Crippen LogP contribution in [0.5, 0.6) is 5.75 Å². The maximum absolute atomic E-state index is 14.3. The number of anilines is 3. The number of imidazole rings is 1. The SMILES string of the molecule is COc1c(Nc2cc(NC(=O)C3C[C@@H]3F)nc3c2nc(C(F)F)n3C2CCCCO2)cccc1-c1ncn(C)n1. The monoisotopic (exact) mass is 556 g/mol. The number of nitrogens with zero attached hydrogens (tertiary/aromatic N) is 6. The molecule has 1 aromatic carbocycles. The Balaban J connectivity index is 1.48. The van der Waals surface area contributed by atoms with Crippen molar-refractivity contribution in [3.63, 3.8) is 0 Å². The summed E-state index contributed by atoms with van der Waals surface area (Å²) in [6, 6.07) is 6.78. The lowest BCUT2D eigenvalue weighted by Crippen LogP contribution is -2.21. The highest BCUT2D eigenvalue weighted by atomic mass is 19.3. The van der Waals surface area contributed by atoms with Crippen LogP contribution in [-0.2, 0) is 16.6 Å². The van der Waals surface area contributed by atoms with Crippen molar-refractivity contribution in [1.29, 1.82) is 0 Å². The van der Waals surface area contributed by atoms with Crippen LogP contribution in [0.4, 0.5) is 30.4 Å². The lowest BCUT2D eigenvalue weighted by Gasteiger charge is -2.25. The minimum Gasteiger partial charge on any atom is -0.494 e. The molecule has 4 aromatic rings. The predicted octanol–water partition coefficient (Wildman–Crippen LogP) is 4.91. The number of rotatable bonds is 8. The van der Waals surface area contributed by atoms with Crippen molar-refractivity contribution in [2.75, 3.05) is 24.4 Å². The largest absolute Gasteiger partial charge is 0.494 e. The number of hydrogen-bond acceptors (Lipinski definition) is 8. The number of benzene rings is 1. The van der Waals surface area contributed by atoms with Crippen molar-refractivity contribution >= 4 is 34.3 Å². The summed E-state index contributed by atoms with van der Waals surface area (Å²) >= 11 is 0. The number of carbonyl (C=O) groups is 1. The van der Waals surface area contributed by atoms with Gasteiger partial charge >= 0.3 is 0 Å². The molecule has 0 spiro atoms. The number of aryl methyl sites for hydroxylation is 1. The van der Waals surface area contributed by atoms with Crippen LogP contribution in [0.15, 0.2) is 30.6 Å². The van der Waals surface area contributed by atoms with Gasteiger partial charge in [0.15, 0.2) is 23.0 Å². The fourth-order valence-corrected chi connectivity index (χ4v) is 4.90. The number of amides is 1. The first-order valence-electron chi connectivity index (χ1n) is 12.9. The Bertz CT molecular complexity index is 1570. The van der Waals surface area contributed by atoms with E-state index in [2.05, 4.69) is 30.7 Å². The minimum absolute atomic E-state index is 0.0680. The molecule has 2 aliphatic rings. The smallest absolute Gasteiger partial charge is 0.295 e. The van der Waals surface area contributed by atoms with E-state index in [-0.39, 0.29) is 29.1 Å². The molecule has 1 amide bonds. The lowest BCUT2D eigenvalue weighted by molar-refractivity contribution is -0.117.